The van der Waals surface area contributed by atoms with Crippen LogP contribution in [0.15, 0.2) is 53.4 Å². The van der Waals surface area contributed by atoms with E-state index in [0.717, 1.165) is 22.3 Å². The van der Waals surface area contributed by atoms with Gasteiger partial charge in [0.2, 0.25) is 5.91 Å². The molecule has 5 heteroatoms. The lowest BCUT2D eigenvalue weighted by Gasteiger charge is -2.28. The van der Waals surface area contributed by atoms with Gasteiger partial charge in [0, 0.05) is 17.5 Å². The van der Waals surface area contributed by atoms with Crippen LogP contribution in [-0.2, 0) is 11.3 Å². The SMILES string of the molecule is Cc1ccc(CNC(=O)c2ccccc2SCC(=O)N[C@@H](C)[C@H]2C[C@H]3CC[C@H]2C3)cc1. The Hall–Kier alpha value is -2.27. The molecule has 0 heterocycles. The fourth-order valence-electron chi connectivity index (χ4n) is 5.22. The van der Waals surface area contributed by atoms with Crippen LogP contribution in [0.5, 0.6) is 0 Å². The van der Waals surface area contributed by atoms with Crippen molar-refractivity contribution in [2.75, 3.05) is 5.75 Å². The number of carbonyl (C=O) groups excluding carboxylic acids is 2. The highest BCUT2D eigenvalue weighted by Gasteiger charge is 2.42. The number of amides is 2. The summed E-state index contributed by atoms with van der Waals surface area (Å²) in [5.41, 5.74) is 2.89. The second-order valence-electron chi connectivity index (χ2n) is 9.15. The van der Waals surface area contributed by atoms with Crippen molar-refractivity contribution < 1.29 is 9.59 Å². The van der Waals surface area contributed by atoms with Gasteiger partial charge in [0.1, 0.15) is 0 Å². The molecule has 2 fully saturated rings. The van der Waals surface area contributed by atoms with Crippen molar-refractivity contribution in [3.05, 3.63) is 65.2 Å². The second kappa shape index (κ2) is 9.90. The molecule has 0 aliphatic heterocycles. The Morgan fingerprint density at radius 2 is 1.84 bits per heavy atom. The Morgan fingerprint density at radius 3 is 2.55 bits per heavy atom. The minimum atomic E-state index is -0.112. The Bertz CT molecular complexity index is 927. The van der Waals surface area contributed by atoms with E-state index in [4.69, 9.17) is 0 Å². The summed E-state index contributed by atoms with van der Waals surface area (Å²) in [6.45, 7) is 4.69. The molecule has 2 N–H and O–H groups in total. The predicted octanol–water partition coefficient (Wildman–Crippen LogP) is 4.96. The number of fused-ring (bicyclic) bond motifs is 2. The number of nitrogens with one attached hydrogen (secondary N) is 2. The lowest BCUT2D eigenvalue weighted by Crippen LogP contribution is -2.40. The number of thioether (sulfide) groups is 1. The molecule has 31 heavy (non-hydrogen) atoms. The molecule has 4 rings (SSSR count). The van der Waals surface area contributed by atoms with Gasteiger partial charge in [-0.25, -0.2) is 0 Å². The minimum Gasteiger partial charge on any atom is -0.353 e. The summed E-state index contributed by atoms with van der Waals surface area (Å²) < 4.78 is 0. The van der Waals surface area contributed by atoms with Crippen LogP contribution >= 0.6 is 11.8 Å². The van der Waals surface area contributed by atoms with E-state index >= 15 is 0 Å². The summed E-state index contributed by atoms with van der Waals surface area (Å²) in [6.07, 6.45) is 5.32. The molecule has 2 amide bonds. The number of carbonyl (C=O) groups is 2. The smallest absolute Gasteiger partial charge is 0.252 e. The van der Waals surface area contributed by atoms with E-state index in [1.165, 1.54) is 43.0 Å². The number of hydrogen-bond donors (Lipinski definition) is 2. The Balaban J connectivity index is 1.29. The lowest BCUT2D eigenvalue weighted by molar-refractivity contribution is -0.119. The first-order valence-corrected chi connectivity index (χ1v) is 12.3. The standard InChI is InChI=1S/C26H32N2O2S/c1-17-7-9-19(10-8-17)15-27-26(30)22-5-3-4-6-24(22)31-16-25(29)28-18(2)23-14-20-11-12-21(23)13-20/h3-10,18,20-21,23H,11-16H2,1-2H3,(H,27,30)(H,28,29)/t18-,20-,21-,23+/m0/s1. The van der Waals surface area contributed by atoms with Gasteiger partial charge in [0.05, 0.1) is 11.3 Å². The topological polar surface area (TPSA) is 58.2 Å². The highest BCUT2D eigenvalue weighted by Crippen LogP contribution is 2.49. The average molecular weight is 437 g/mol. The number of rotatable bonds is 8. The van der Waals surface area contributed by atoms with Gasteiger partial charge < -0.3 is 10.6 Å². The maximum atomic E-state index is 12.8. The summed E-state index contributed by atoms with van der Waals surface area (Å²) in [7, 11) is 0. The molecule has 2 aromatic carbocycles. The molecule has 0 spiro atoms. The van der Waals surface area contributed by atoms with Crippen molar-refractivity contribution in [1.82, 2.24) is 10.6 Å². The normalized spacial score (nSPS) is 22.8. The molecule has 0 saturated heterocycles. The maximum absolute atomic E-state index is 12.8. The van der Waals surface area contributed by atoms with Crippen LogP contribution in [0.1, 0.15) is 54.1 Å². The third-order valence-corrected chi connectivity index (χ3v) is 7.96. The molecule has 0 aromatic heterocycles. The van der Waals surface area contributed by atoms with Crippen molar-refractivity contribution >= 4 is 23.6 Å². The van der Waals surface area contributed by atoms with E-state index in [2.05, 4.69) is 17.6 Å². The fourth-order valence-corrected chi connectivity index (χ4v) is 6.08. The molecule has 2 aliphatic carbocycles. The van der Waals surface area contributed by atoms with Gasteiger partial charge in [-0.2, -0.15) is 0 Å². The van der Waals surface area contributed by atoms with E-state index in [9.17, 15) is 9.59 Å². The van der Waals surface area contributed by atoms with Crippen molar-refractivity contribution in [3.63, 3.8) is 0 Å². The van der Waals surface area contributed by atoms with Crippen LogP contribution in [-0.4, -0.2) is 23.6 Å². The maximum Gasteiger partial charge on any atom is 0.252 e. The summed E-state index contributed by atoms with van der Waals surface area (Å²) in [4.78, 5) is 26.2. The van der Waals surface area contributed by atoms with Gasteiger partial charge in [-0.15, -0.1) is 11.8 Å². The Morgan fingerprint density at radius 1 is 1.06 bits per heavy atom. The molecule has 2 bridgehead atoms. The zero-order chi connectivity index (χ0) is 21.8. The van der Waals surface area contributed by atoms with E-state index in [-0.39, 0.29) is 17.9 Å². The van der Waals surface area contributed by atoms with Gasteiger partial charge >= 0.3 is 0 Å². The van der Waals surface area contributed by atoms with E-state index in [0.29, 0.717) is 23.8 Å². The first kappa shape index (κ1) is 21.9. The predicted molar refractivity (Wildman–Crippen MR) is 126 cm³/mol. The van der Waals surface area contributed by atoms with Crippen LogP contribution in [0.3, 0.4) is 0 Å². The molecule has 0 radical (unpaired) electrons. The molecule has 164 valence electrons. The molecule has 2 saturated carbocycles. The van der Waals surface area contributed by atoms with Gasteiger partial charge in [-0.3, -0.25) is 9.59 Å². The van der Waals surface area contributed by atoms with Gasteiger partial charge in [-0.1, -0.05) is 48.4 Å². The van der Waals surface area contributed by atoms with Crippen LogP contribution in [0.2, 0.25) is 0 Å². The van der Waals surface area contributed by atoms with Crippen LogP contribution < -0.4 is 10.6 Å². The molecule has 2 aromatic rings. The first-order valence-electron chi connectivity index (χ1n) is 11.3. The third kappa shape index (κ3) is 5.51. The summed E-state index contributed by atoms with van der Waals surface area (Å²) >= 11 is 1.43. The fraction of sp³-hybridized carbons (Fsp3) is 0.462. The van der Waals surface area contributed by atoms with Crippen molar-refractivity contribution in [1.29, 1.82) is 0 Å². The molecule has 4 nitrogen and oxygen atoms in total. The summed E-state index contributed by atoms with van der Waals surface area (Å²) in [5, 5.41) is 6.21. The zero-order valence-electron chi connectivity index (χ0n) is 18.4. The van der Waals surface area contributed by atoms with E-state index in [1.807, 2.05) is 55.5 Å². The summed E-state index contributed by atoms with van der Waals surface area (Å²) in [6, 6.07) is 15.9. The van der Waals surface area contributed by atoms with Gasteiger partial charge in [-0.05, 0) is 68.6 Å². The monoisotopic (exact) mass is 436 g/mol. The average Bonchev–Trinajstić information content (AvgIpc) is 3.41. The molecule has 0 unspecified atom stereocenters. The highest BCUT2D eigenvalue weighted by molar-refractivity contribution is 8.00. The van der Waals surface area contributed by atoms with E-state index < -0.39 is 0 Å². The molecule has 4 atom stereocenters. The largest absolute Gasteiger partial charge is 0.353 e. The van der Waals surface area contributed by atoms with Crippen molar-refractivity contribution in [3.8, 4) is 0 Å². The highest BCUT2D eigenvalue weighted by atomic mass is 32.2. The zero-order valence-corrected chi connectivity index (χ0v) is 19.2. The summed E-state index contributed by atoms with van der Waals surface area (Å²) in [5.74, 6) is 2.58. The molecule has 2 aliphatic rings. The number of aryl methyl sites for hydroxylation is 1. The van der Waals surface area contributed by atoms with E-state index in [1.54, 1.807) is 0 Å². The third-order valence-electron chi connectivity index (χ3n) is 6.89. The van der Waals surface area contributed by atoms with Crippen molar-refractivity contribution in [2.45, 2.75) is 57.0 Å². The van der Waals surface area contributed by atoms with Crippen LogP contribution in [0.25, 0.3) is 0 Å². The minimum absolute atomic E-state index is 0.0511. The van der Waals surface area contributed by atoms with Crippen molar-refractivity contribution in [2.24, 2.45) is 17.8 Å². The molecular weight excluding hydrogens is 404 g/mol. The lowest BCUT2D eigenvalue weighted by atomic mass is 9.84. The van der Waals surface area contributed by atoms with Crippen LogP contribution in [0, 0.1) is 24.7 Å². The van der Waals surface area contributed by atoms with Gasteiger partial charge in [0.15, 0.2) is 0 Å². The number of benzene rings is 2. The molecular formula is C26H32N2O2S. The number of hydrogen-bond acceptors (Lipinski definition) is 3. The Kier molecular flexibility index (Phi) is 7.01. The van der Waals surface area contributed by atoms with Gasteiger partial charge in [0.25, 0.3) is 5.91 Å². The Labute approximate surface area is 189 Å². The quantitative estimate of drug-likeness (QED) is 0.575. The second-order valence-corrected chi connectivity index (χ2v) is 10.2. The first-order chi connectivity index (χ1) is 15.0. The van der Waals surface area contributed by atoms with Crippen LogP contribution in [0.4, 0.5) is 0 Å².